The fourth-order valence-corrected chi connectivity index (χ4v) is 4.07. The molecule has 1 aliphatic heterocycles. The summed E-state index contributed by atoms with van der Waals surface area (Å²) >= 11 is 0. The highest BCUT2D eigenvalue weighted by Gasteiger charge is 2.23. The Bertz CT molecular complexity index is 669. The maximum Gasteiger partial charge on any atom is 0.142 e. The van der Waals surface area contributed by atoms with Crippen molar-refractivity contribution < 1.29 is 4.74 Å². The summed E-state index contributed by atoms with van der Waals surface area (Å²) in [5.41, 5.74) is 4.48. The molecule has 3 N–H and O–H groups in total. The smallest absolute Gasteiger partial charge is 0.142 e. The third-order valence-electron chi connectivity index (χ3n) is 5.61. The second-order valence-corrected chi connectivity index (χ2v) is 7.63. The van der Waals surface area contributed by atoms with Gasteiger partial charge in [-0.3, -0.25) is 5.43 Å². The molecule has 0 bridgehead atoms. The molecule has 0 spiro atoms. The predicted molar refractivity (Wildman–Crippen MR) is 110 cm³/mol. The van der Waals surface area contributed by atoms with Crippen LogP contribution in [-0.4, -0.2) is 60.4 Å². The minimum atomic E-state index is 0.740. The first-order valence-corrected chi connectivity index (χ1v) is 10.2. The van der Waals surface area contributed by atoms with Crippen LogP contribution in [0, 0.1) is 11.8 Å². The summed E-state index contributed by atoms with van der Waals surface area (Å²) in [6, 6.07) is 1.95. The van der Waals surface area contributed by atoms with Gasteiger partial charge in [-0.2, -0.15) is 0 Å². The predicted octanol–water partition coefficient (Wildman–Crippen LogP) is 3.04. The highest BCUT2D eigenvalue weighted by Crippen LogP contribution is 2.23. The van der Waals surface area contributed by atoms with Crippen LogP contribution < -0.4 is 10.7 Å². The summed E-state index contributed by atoms with van der Waals surface area (Å²) in [5, 5.41) is 6.41. The van der Waals surface area contributed by atoms with Gasteiger partial charge in [0.1, 0.15) is 17.8 Å². The summed E-state index contributed by atoms with van der Waals surface area (Å²) in [6.45, 7) is 4.47. The van der Waals surface area contributed by atoms with Crippen LogP contribution in [0.4, 0.5) is 5.82 Å². The number of nitrogens with zero attached hydrogens (tertiary/aromatic N) is 3. The lowest BCUT2D eigenvalue weighted by molar-refractivity contribution is 0.140. The van der Waals surface area contributed by atoms with E-state index in [9.17, 15) is 0 Å². The monoisotopic (exact) mass is 374 g/mol. The van der Waals surface area contributed by atoms with E-state index in [0.717, 1.165) is 35.3 Å². The van der Waals surface area contributed by atoms with Crippen molar-refractivity contribution in [2.45, 2.75) is 38.5 Å². The zero-order valence-corrected chi connectivity index (χ0v) is 16.7. The van der Waals surface area contributed by atoms with Crippen LogP contribution in [0.1, 0.15) is 38.5 Å². The molecule has 2 aromatic rings. The molecule has 2 fully saturated rings. The molecule has 0 radical (unpaired) electrons. The first kappa shape index (κ1) is 20.0. The highest BCUT2D eigenvalue weighted by molar-refractivity contribution is 5.86. The molecular formula is C20H34N6O. The van der Waals surface area contributed by atoms with Crippen LogP contribution in [0.2, 0.25) is 0 Å². The summed E-state index contributed by atoms with van der Waals surface area (Å²) in [5.74, 6) is 2.52. The van der Waals surface area contributed by atoms with Crippen molar-refractivity contribution >= 4 is 16.9 Å². The van der Waals surface area contributed by atoms with Gasteiger partial charge in [0.15, 0.2) is 0 Å². The molecule has 4 rings (SSSR count). The Morgan fingerprint density at radius 3 is 2.81 bits per heavy atom. The quantitative estimate of drug-likeness (QED) is 0.721. The van der Waals surface area contributed by atoms with Crippen LogP contribution >= 0.6 is 0 Å². The maximum absolute atomic E-state index is 5.21. The van der Waals surface area contributed by atoms with E-state index in [0.29, 0.717) is 0 Å². The van der Waals surface area contributed by atoms with Gasteiger partial charge in [-0.25, -0.2) is 15.0 Å². The van der Waals surface area contributed by atoms with Gasteiger partial charge in [-0.1, -0.05) is 19.3 Å². The second-order valence-electron chi connectivity index (χ2n) is 7.63. The fourth-order valence-electron chi connectivity index (χ4n) is 4.07. The minimum Gasteiger partial charge on any atom is -0.384 e. The molecule has 2 aromatic heterocycles. The topological polar surface area (TPSA) is 78.1 Å². The molecule has 1 saturated carbocycles. The lowest BCUT2D eigenvalue weighted by atomic mass is 9.89. The normalized spacial score (nSPS) is 21.2. The first-order chi connectivity index (χ1) is 13.3. The minimum absolute atomic E-state index is 0.740. The number of hydrogen-bond acceptors (Lipinski definition) is 6. The van der Waals surface area contributed by atoms with Gasteiger partial charge in [-0.15, -0.1) is 0 Å². The molecule has 2 aliphatic rings. The number of ether oxygens (including phenoxy) is 1. The van der Waals surface area contributed by atoms with E-state index < -0.39 is 0 Å². The van der Waals surface area contributed by atoms with Crippen molar-refractivity contribution in [3.05, 3.63) is 18.6 Å². The standard InChI is InChI=1S/C13H26N2O.C7H8N4/c1-16-11-13-7-8-15(10-13)14-9-12-5-3-2-4-6-12;1-8-6-5-2-3-9-7(5)11-4-10-6/h12-14H,2-11H2,1H3;2-4H,1H3,(H2,8,9,10,11)/t13-;/m1./s1. The van der Waals surface area contributed by atoms with Gasteiger partial charge >= 0.3 is 0 Å². The Labute approximate surface area is 162 Å². The summed E-state index contributed by atoms with van der Waals surface area (Å²) in [4.78, 5) is 11.1. The molecule has 7 nitrogen and oxygen atoms in total. The second kappa shape index (κ2) is 10.6. The summed E-state index contributed by atoms with van der Waals surface area (Å²) < 4.78 is 5.21. The Kier molecular flexibility index (Phi) is 7.86. The van der Waals surface area contributed by atoms with Crippen molar-refractivity contribution in [2.75, 3.05) is 45.7 Å². The van der Waals surface area contributed by atoms with E-state index in [-0.39, 0.29) is 0 Å². The summed E-state index contributed by atoms with van der Waals surface area (Å²) in [7, 11) is 3.65. The molecule has 0 amide bonds. The maximum atomic E-state index is 5.21. The van der Waals surface area contributed by atoms with E-state index in [1.54, 1.807) is 7.11 Å². The molecule has 150 valence electrons. The molecule has 1 atom stereocenters. The van der Waals surface area contributed by atoms with Gasteiger partial charge in [0.05, 0.1) is 12.0 Å². The third kappa shape index (κ3) is 5.89. The van der Waals surface area contributed by atoms with E-state index in [1.165, 1.54) is 64.5 Å². The van der Waals surface area contributed by atoms with Crippen LogP contribution in [0.5, 0.6) is 0 Å². The highest BCUT2D eigenvalue weighted by atomic mass is 16.5. The van der Waals surface area contributed by atoms with E-state index >= 15 is 0 Å². The SMILES string of the molecule is CNc1ncnc2[nH]ccc12.COC[C@@H]1CCN(NCC2CCCCC2)C1. The number of methoxy groups -OCH3 is 1. The number of hydrazine groups is 1. The molecule has 0 unspecified atom stereocenters. The molecule has 3 heterocycles. The number of anilines is 1. The van der Waals surface area contributed by atoms with Gasteiger partial charge in [0, 0.05) is 40.0 Å². The Balaban J connectivity index is 0.000000166. The van der Waals surface area contributed by atoms with Gasteiger partial charge in [-0.05, 0) is 37.2 Å². The van der Waals surface area contributed by atoms with Crippen molar-refractivity contribution in [2.24, 2.45) is 11.8 Å². The molecule has 27 heavy (non-hydrogen) atoms. The zero-order chi connectivity index (χ0) is 18.9. The molecule has 1 saturated heterocycles. The third-order valence-corrected chi connectivity index (χ3v) is 5.61. The Morgan fingerprint density at radius 1 is 1.19 bits per heavy atom. The molecule has 7 heteroatoms. The zero-order valence-electron chi connectivity index (χ0n) is 16.7. The number of hydrogen-bond donors (Lipinski definition) is 3. The molecule has 0 aromatic carbocycles. The fraction of sp³-hybridized carbons (Fsp3) is 0.700. The van der Waals surface area contributed by atoms with Crippen molar-refractivity contribution in [1.29, 1.82) is 0 Å². The van der Waals surface area contributed by atoms with Gasteiger partial charge in [0.25, 0.3) is 0 Å². The van der Waals surface area contributed by atoms with Gasteiger partial charge in [0.2, 0.25) is 0 Å². The largest absolute Gasteiger partial charge is 0.384 e. The number of H-pyrrole nitrogens is 1. The van der Waals surface area contributed by atoms with E-state index in [4.69, 9.17) is 4.74 Å². The summed E-state index contributed by atoms with van der Waals surface area (Å²) in [6.07, 6.45) is 11.9. The Hall–Kier alpha value is -1.70. The number of aromatic amines is 1. The number of nitrogens with one attached hydrogen (secondary N) is 3. The van der Waals surface area contributed by atoms with Crippen LogP contribution in [0.25, 0.3) is 11.0 Å². The van der Waals surface area contributed by atoms with E-state index in [2.05, 4.69) is 30.7 Å². The number of fused-ring (bicyclic) bond motifs is 1. The number of rotatable bonds is 6. The lowest BCUT2D eigenvalue weighted by Crippen LogP contribution is -2.39. The van der Waals surface area contributed by atoms with E-state index in [1.807, 2.05) is 19.3 Å². The average Bonchev–Trinajstić information content (AvgIpc) is 3.37. The first-order valence-electron chi connectivity index (χ1n) is 10.2. The number of aromatic nitrogens is 3. The average molecular weight is 375 g/mol. The van der Waals surface area contributed by atoms with Crippen molar-refractivity contribution in [3.8, 4) is 0 Å². The molecule has 1 aliphatic carbocycles. The Morgan fingerprint density at radius 2 is 2.04 bits per heavy atom. The lowest BCUT2D eigenvalue weighted by Gasteiger charge is -2.25. The van der Waals surface area contributed by atoms with Crippen LogP contribution in [0.3, 0.4) is 0 Å². The van der Waals surface area contributed by atoms with Crippen molar-refractivity contribution in [1.82, 2.24) is 25.4 Å². The van der Waals surface area contributed by atoms with Crippen LogP contribution in [0.15, 0.2) is 18.6 Å². The van der Waals surface area contributed by atoms with Crippen LogP contribution in [-0.2, 0) is 4.74 Å². The van der Waals surface area contributed by atoms with Crippen molar-refractivity contribution in [3.63, 3.8) is 0 Å². The molecular weight excluding hydrogens is 340 g/mol. The van der Waals surface area contributed by atoms with Gasteiger partial charge < -0.3 is 15.0 Å².